The van der Waals surface area contributed by atoms with Crippen LogP contribution in [0.2, 0.25) is 5.02 Å². The molecule has 0 bridgehead atoms. The van der Waals surface area contributed by atoms with Crippen LogP contribution in [0.25, 0.3) is 22.3 Å². The SMILES string of the molecule is CN(CCOc1ccc(-c2ccc3c(c2)OCCO3)cc1-c1ccccc1Cl)CC(=O)O. The number of ether oxygens (including phenoxy) is 3. The van der Waals surface area contributed by atoms with Gasteiger partial charge in [-0.25, -0.2) is 0 Å². The third-order valence-corrected chi connectivity index (χ3v) is 5.48. The van der Waals surface area contributed by atoms with E-state index in [4.69, 9.17) is 30.9 Å². The second kappa shape index (κ2) is 9.94. The Morgan fingerprint density at radius 1 is 1.00 bits per heavy atom. The number of carboxylic acids is 1. The average Bonchev–Trinajstić information content (AvgIpc) is 2.79. The molecule has 7 heteroatoms. The minimum atomic E-state index is -0.868. The summed E-state index contributed by atoms with van der Waals surface area (Å²) in [5.74, 6) is 1.29. The molecule has 0 spiro atoms. The summed E-state index contributed by atoms with van der Waals surface area (Å²) in [6.07, 6.45) is 0. The number of benzene rings is 3. The molecule has 32 heavy (non-hydrogen) atoms. The molecule has 1 N–H and O–H groups in total. The molecular weight excluding hydrogens is 430 g/mol. The highest BCUT2D eigenvalue weighted by Crippen LogP contribution is 2.40. The molecule has 6 nitrogen and oxygen atoms in total. The standard InChI is InChI=1S/C25H24ClNO5/c1-27(16-25(28)29)10-11-30-22-8-6-17(14-20(22)19-4-2-3-5-21(19)26)18-7-9-23-24(15-18)32-13-12-31-23/h2-9,14-15H,10-13,16H2,1H3,(H,28,29). The van der Waals surface area contributed by atoms with E-state index in [-0.39, 0.29) is 6.54 Å². The summed E-state index contributed by atoms with van der Waals surface area (Å²) in [5, 5.41) is 9.55. The number of hydrogen-bond donors (Lipinski definition) is 1. The Labute approximate surface area is 191 Å². The summed E-state index contributed by atoms with van der Waals surface area (Å²) in [6.45, 7) is 1.88. The van der Waals surface area contributed by atoms with E-state index in [0.717, 1.165) is 33.8 Å². The van der Waals surface area contributed by atoms with Gasteiger partial charge in [0.25, 0.3) is 0 Å². The van der Waals surface area contributed by atoms with Crippen LogP contribution in [0.3, 0.4) is 0 Å². The molecule has 0 aromatic heterocycles. The van der Waals surface area contributed by atoms with Gasteiger partial charge in [0.15, 0.2) is 11.5 Å². The van der Waals surface area contributed by atoms with E-state index in [9.17, 15) is 4.79 Å². The van der Waals surface area contributed by atoms with Crippen molar-refractivity contribution >= 4 is 17.6 Å². The maximum absolute atomic E-state index is 10.9. The molecular formula is C25H24ClNO5. The molecule has 166 valence electrons. The molecule has 3 aromatic rings. The topological polar surface area (TPSA) is 68.2 Å². The number of carboxylic acid groups (broad SMARTS) is 1. The van der Waals surface area contributed by atoms with Crippen LogP contribution < -0.4 is 14.2 Å². The van der Waals surface area contributed by atoms with Gasteiger partial charge in [0.05, 0.1) is 6.54 Å². The zero-order valence-electron chi connectivity index (χ0n) is 17.7. The zero-order valence-corrected chi connectivity index (χ0v) is 18.5. The Morgan fingerprint density at radius 3 is 2.50 bits per heavy atom. The van der Waals surface area contributed by atoms with E-state index in [1.807, 2.05) is 60.7 Å². The van der Waals surface area contributed by atoms with Crippen molar-refractivity contribution in [3.63, 3.8) is 0 Å². The van der Waals surface area contributed by atoms with Crippen molar-refractivity contribution in [1.29, 1.82) is 0 Å². The largest absolute Gasteiger partial charge is 0.492 e. The number of nitrogens with zero attached hydrogens (tertiary/aromatic N) is 1. The summed E-state index contributed by atoms with van der Waals surface area (Å²) in [7, 11) is 1.75. The summed E-state index contributed by atoms with van der Waals surface area (Å²) < 4.78 is 17.4. The van der Waals surface area contributed by atoms with E-state index in [0.29, 0.717) is 37.1 Å². The molecule has 1 aliphatic heterocycles. The van der Waals surface area contributed by atoms with Crippen molar-refractivity contribution < 1.29 is 24.1 Å². The van der Waals surface area contributed by atoms with Crippen molar-refractivity contribution in [2.75, 3.05) is 40.0 Å². The molecule has 0 fully saturated rings. The fraction of sp³-hybridized carbons (Fsp3) is 0.240. The first-order valence-electron chi connectivity index (χ1n) is 10.3. The first kappa shape index (κ1) is 22.0. The lowest BCUT2D eigenvalue weighted by molar-refractivity contribution is -0.138. The van der Waals surface area contributed by atoms with Crippen molar-refractivity contribution in [1.82, 2.24) is 4.90 Å². The lowest BCUT2D eigenvalue weighted by Gasteiger charge is -2.20. The fourth-order valence-corrected chi connectivity index (χ4v) is 3.81. The molecule has 4 rings (SSSR count). The fourth-order valence-electron chi connectivity index (χ4n) is 3.57. The van der Waals surface area contributed by atoms with Gasteiger partial charge in [-0.15, -0.1) is 0 Å². The Morgan fingerprint density at radius 2 is 1.72 bits per heavy atom. The highest BCUT2D eigenvalue weighted by molar-refractivity contribution is 6.33. The van der Waals surface area contributed by atoms with Crippen molar-refractivity contribution in [2.45, 2.75) is 0 Å². The van der Waals surface area contributed by atoms with E-state index in [1.54, 1.807) is 11.9 Å². The number of fused-ring (bicyclic) bond motifs is 1. The van der Waals surface area contributed by atoms with Gasteiger partial charge in [0.1, 0.15) is 25.6 Å². The van der Waals surface area contributed by atoms with Gasteiger partial charge >= 0.3 is 5.97 Å². The summed E-state index contributed by atoms with van der Waals surface area (Å²) in [5.41, 5.74) is 3.72. The predicted octanol–water partition coefficient (Wildman–Crippen LogP) is 4.84. The molecule has 1 aliphatic rings. The number of carbonyl (C=O) groups is 1. The van der Waals surface area contributed by atoms with Crippen LogP contribution >= 0.6 is 11.6 Å². The van der Waals surface area contributed by atoms with Crippen LogP contribution in [0.1, 0.15) is 0 Å². The first-order valence-corrected chi connectivity index (χ1v) is 10.7. The minimum absolute atomic E-state index is 0.0379. The lowest BCUT2D eigenvalue weighted by Crippen LogP contribution is -2.29. The predicted molar refractivity (Wildman–Crippen MR) is 124 cm³/mol. The Bertz CT molecular complexity index is 1120. The van der Waals surface area contributed by atoms with Gasteiger partial charge in [-0.1, -0.05) is 41.9 Å². The highest BCUT2D eigenvalue weighted by Gasteiger charge is 2.16. The van der Waals surface area contributed by atoms with E-state index in [2.05, 4.69) is 0 Å². The van der Waals surface area contributed by atoms with Crippen molar-refractivity contribution in [3.8, 4) is 39.5 Å². The van der Waals surface area contributed by atoms with Gasteiger partial charge in [-0.05, 0) is 48.5 Å². The van der Waals surface area contributed by atoms with Gasteiger partial charge < -0.3 is 19.3 Å². The molecule has 0 atom stereocenters. The Hall–Kier alpha value is -3.22. The van der Waals surface area contributed by atoms with Crippen molar-refractivity contribution in [2.24, 2.45) is 0 Å². The summed E-state index contributed by atoms with van der Waals surface area (Å²) in [4.78, 5) is 12.6. The second-order valence-corrected chi connectivity index (χ2v) is 7.94. The minimum Gasteiger partial charge on any atom is -0.492 e. The smallest absolute Gasteiger partial charge is 0.317 e. The third-order valence-electron chi connectivity index (χ3n) is 5.15. The first-order chi connectivity index (χ1) is 15.5. The maximum Gasteiger partial charge on any atom is 0.317 e. The second-order valence-electron chi connectivity index (χ2n) is 7.53. The zero-order chi connectivity index (χ0) is 22.5. The third kappa shape index (κ3) is 5.15. The molecule has 0 saturated heterocycles. The van der Waals surface area contributed by atoms with Crippen molar-refractivity contribution in [3.05, 3.63) is 65.7 Å². The number of halogens is 1. The highest BCUT2D eigenvalue weighted by atomic mass is 35.5. The monoisotopic (exact) mass is 453 g/mol. The van der Waals surface area contributed by atoms with Crippen LogP contribution in [0, 0.1) is 0 Å². The molecule has 3 aromatic carbocycles. The van der Waals surface area contributed by atoms with E-state index < -0.39 is 5.97 Å². The molecule has 0 radical (unpaired) electrons. The Kier molecular flexibility index (Phi) is 6.83. The summed E-state index contributed by atoms with van der Waals surface area (Å²) in [6, 6.07) is 19.5. The average molecular weight is 454 g/mol. The van der Waals surface area contributed by atoms with E-state index in [1.165, 1.54) is 0 Å². The normalized spacial score (nSPS) is 12.6. The van der Waals surface area contributed by atoms with Gasteiger partial charge in [0, 0.05) is 22.7 Å². The summed E-state index contributed by atoms with van der Waals surface area (Å²) >= 11 is 6.50. The molecule has 0 saturated carbocycles. The van der Waals surface area contributed by atoms with Crippen LogP contribution in [-0.2, 0) is 4.79 Å². The van der Waals surface area contributed by atoms with Crippen LogP contribution in [0.4, 0.5) is 0 Å². The molecule has 1 heterocycles. The quantitative estimate of drug-likeness (QED) is 0.526. The van der Waals surface area contributed by atoms with Gasteiger partial charge in [-0.3, -0.25) is 9.69 Å². The van der Waals surface area contributed by atoms with Gasteiger partial charge in [0.2, 0.25) is 0 Å². The molecule has 0 amide bonds. The lowest BCUT2D eigenvalue weighted by atomic mass is 9.97. The maximum atomic E-state index is 10.9. The number of likely N-dealkylation sites (N-methyl/N-ethyl adjacent to an activating group) is 1. The Balaban J connectivity index is 1.64. The van der Waals surface area contributed by atoms with Gasteiger partial charge in [-0.2, -0.15) is 0 Å². The van der Waals surface area contributed by atoms with E-state index >= 15 is 0 Å². The van der Waals surface area contributed by atoms with Crippen LogP contribution in [0.5, 0.6) is 17.2 Å². The molecule has 0 unspecified atom stereocenters. The number of aliphatic carboxylic acids is 1. The number of rotatable bonds is 8. The molecule has 0 aliphatic carbocycles. The van der Waals surface area contributed by atoms with Crippen LogP contribution in [0.15, 0.2) is 60.7 Å². The number of hydrogen-bond acceptors (Lipinski definition) is 5. The van der Waals surface area contributed by atoms with Crippen LogP contribution in [-0.4, -0.2) is 55.9 Å².